The minimum absolute atomic E-state index is 0.634. The van der Waals surface area contributed by atoms with Gasteiger partial charge >= 0.3 is 0 Å². The molecule has 0 amide bonds. The average molecular weight is 663 g/mol. The van der Waals surface area contributed by atoms with E-state index in [-0.39, 0.29) is 0 Å². The van der Waals surface area contributed by atoms with Crippen LogP contribution in [-0.4, -0.2) is 14.1 Å². The maximum atomic E-state index is 10.1. The lowest BCUT2D eigenvalue weighted by Gasteiger charge is -2.16. The molecular weight excluding hydrogens is 633 g/mol. The molecule has 52 heavy (non-hydrogen) atoms. The second-order valence-corrected chi connectivity index (χ2v) is 13.1. The molecule has 0 saturated carbocycles. The first kappa shape index (κ1) is 29.7. The van der Waals surface area contributed by atoms with Crippen molar-refractivity contribution in [3.63, 3.8) is 0 Å². The Balaban J connectivity index is 1.33. The molecular formula is C48H30N4. The lowest BCUT2D eigenvalue weighted by atomic mass is 9.99. The third-order valence-corrected chi connectivity index (χ3v) is 10.1. The van der Waals surface area contributed by atoms with E-state index < -0.39 is 0 Å². The van der Waals surface area contributed by atoms with Gasteiger partial charge in [0.1, 0.15) is 0 Å². The molecule has 7 aromatic carbocycles. The Morgan fingerprint density at radius 2 is 1.08 bits per heavy atom. The average Bonchev–Trinajstić information content (AvgIpc) is 3.74. The summed E-state index contributed by atoms with van der Waals surface area (Å²) in [6.45, 7) is 0. The van der Waals surface area contributed by atoms with Gasteiger partial charge in [0.2, 0.25) is 0 Å². The number of nitrogens with zero attached hydrogens (tertiary/aromatic N) is 4. The van der Waals surface area contributed by atoms with Crippen LogP contribution in [0.2, 0.25) is 0 Å². The second kappa shape index (κ2) is 12.0. The van der Waals surface area contributed by atoms with E-state index in [2.05, 4.69) is 173 Å². The first-order valence-electron chi connectivity index (χ1n) is 17.5. The highest BCUT2D eigenvalue weighted by atomic mass is 15.0. The standard InChI is InChI=1S/C48H30N4/c49-31-32-24-26-45-40(28-32)47-46(51(45)36-18-8-3-9-19-36)27-25-38-37-20-10-12-22-43(37)52(48(38)47)44-23-13-11-21-39(44)42-30-35(33-14-4-1-5-15-33)29-41(50-42)34-16-6-2-7-17-34/h1-30H. The van der Waals surface area contributed by atoms with Gasteiger partial charge in [0.25, 0.3) is 0 Å². The molecule has 0 radical (unpaired) electrons. The predicted octanol–water partition coefficient (Wildman–Crippen LogP) is 12.1. The number of nitriles is 1. The van der Waals surface area contributed by atoms with E-state index >= 15 is 0 Å². The zero-order valence-corrected chi connectivity index (χ0v) is 28.1. The van der Waals surface area contributed by atoms with Gasteiger partial charge in [-0.05, 0) is 71.8 Å². The van der Waals surface area contributed by atoms with E-state index in [1.54, 1.807) is 0 Å². The molecule has 0 fully saturated rings. The van der Waals surface area contributed by atoms with E-state index in [1.807, 2.05) is 24.3 Å². The molecule has 4 heteroatoms. The van der Waals surface area contributed by atoms with Crippen molar-refractivity contribution in [2.24, 2.45) is 0 Å². The van der Waals surface area contributed by atoms with Gasteiger partial charge in [0.05, 0.1) is 50.8 Å². The maximum Gasteiger partial charge on any atom is 0.0991 e. The van der Waals surface area contributed by atoms with E-state index in [9.17, 15) is 5.26 Å². The Hall–Kier alpha value is -7.22. The molecule has 0 atom stereocenters. The van der Waals surface area contributed by atoms with Gasteiger partial charge in [0, 0.05) is 38.4 Å². The molecule has 0 N–H and O–H groups in total. The summed E-state index contributed by atoms with van der Waals surface area (Å²) in [5, 5.41) is 14.5. The van der Waals surface area contributed by atoms with Gasteiger partial charge in [-0.2, -0.15) is 5.26 Å². The smallest absolute Gasteiger partial charge is 0.0991 e. The molecule has 0 spiro atoms. The van der Waals surface area contributed by atoms with Crippen LogP contribution in [0.15, 0.2) is 182 Å². The molecule has 10 rings (SSSR count). The van der Waals surface area contributed by atoms with E-state index in [4.69, 9.17) is 4.98 Å². The molecule has 0 saturated heterocycles. The Labute approximate surface area is 300 Å². The SMILES string of the molecule is N#Cc1ccc2c(c1)c1c(ccc3c4ccccc4n(-c4ccccc4-c4cc(-c5ccccc5)cc(-c5ccccc5)n4)c31)n2-c1ccccc1. The zero-order chi connectivity index (χ0) is 34.6. The molecule has 0 bridgehead atoms. The van der Waals surface area contributed by atoms with Crippen LogP contribution >= 0.6 is 0 Å². The van der Waals surface area contributed by atoms with Crippen molar-refractivity contribution < 1.29 is 0 Å². The van der Waals surface area contributed by atoms with E-state index in [0.717, 1.165) is 83.2 Å². The van der Waals surface area contributed by atoms with Crippen molar-refractivity contribution in [3.05, 3.63) is 188 Å². The highest BCUT2D eigenvalue weighted by molar-refractivity contribution is 6.26. The largest absolute Gasteiger partial charge is 0.309 e. The maximum absolute atomic E-state index is 10.1. The van der Waals surface area contributed by atoms with Crippen LogP contribution in [0.25, 0.3) is 88.6 Å². The van der Waals surface area contributed by atoms with Crippen molar-refractivity contribution in [1.82, 2.24) is 14.1 Å². The lowest BCUT2D eigenvalue weighted by molar-refractivity contribution is 1.17. The number of hydrogen-bond acceptors (Lipinski definition) is 2. The summed E-state index contributed by atoms with van der Waals surface area (Å²) in [6, 6.07) is 66.0. The quantitative estimate of drug-likeness (QED) is 0.184. The summed E-state index contributed by atoms with van der Waals surface area (Å²) in [4.78, 5) is 5.36. The summed E-state index contributed by atoms with van der Waals surface area (Å²) in [5.74, 6) is 0. The predicted molar refractivity (Wildman–Crippen MR) is 214 cm³/mol. The van der Waals surface area contributed by atoms with Crippen LogP contribution in [0.1, 0.15) is 5.56 Å². The van der Waals surface area contributed by atoms with Gasteiger partial charge in [-0.25, -0.2) is 4.98 Å². The van der Waals surface area contributed by atoms with Gasteiger partial charge in [0.15, 0.2) is 0 Å². The van der Waals surface area contributed by atoms with Crippen molar-refractivity contribution in [1.29, 1.82) is 5.26 Å². The zero-order valence-electron chi connectivity index (χ0n) is 28.1. The second-order valence-electron chi connectivity index (χ2n) is 13.1. The van der Waals surface area contributed by atoms with Gasteiger partial charge < -0.3 is 9.13 Å². The number of hydrogen-bond donors (Lipinski definition) is 0. The minimum atomic E-state index is 0.634. The van der Waals surface area contributed by atoms with E-state index in [0.29, 0.717) is 5.56 Å². The fourth-order valence-electron chi connectivity index (χ4n) is 7.84. The van der Waals surface area contributed by atoms with Crippen molar-refractivity contribution in [2.45, 2.75) is 0 Å². The van der Waals surface area contributed by atoms with Crippen LogP contribution in [-0.2, 0) is 0 Å². The first-order valence-corrected chi connectivity index (χ1v) is 17.5. The van der Waals surface area contributed by atoms with Gasteiger partial charge in [-0.1, -0.05) is 121 Å². The number of pyridine rings is 1. The Morgan fingerprint density at radius 3 is 1.87 bits per heavy atom. The summed E-state index contributed by atoms with van der Waals surface area (Å²) in [6.07, 6.45) is 0. The third-order valence-electron chi connectivity index (χ3n) is 10.1. The van der Waals surface area contributed by atoms with Crippen LogP contribution in [0.4, 0.5) is 0 Å². The Morgan fingerprint density at radius 1 is 0.442 bits per heavy atom. The van der Waals surface area contributed by atoms with Gasteiger partial charge in [-0.15, -0.1) is 0 Å². The first-order chi connectivity index (χ1) is 25.8. The molecule has 242 valence electrons. The van der Waals surface area contributed by atoms with Crippen molar-refractivity contribution >= 4 is 43.6 Å². The summed E-state index contributed by atoms with van der Waals surface area (Å²) in [7, 11) is 0. The molecule has 0 aliphatic heterocycles. The Kier molecular flexibility index (Phi) is 6.84. The van der Waals surface area contributed by atoms with Crippen LogP contribution < -0.4 is 0 Å². The highest BCUT2D eigenvalue weighted by Gasteiger charge is 2.23. The highest BCUT2D eigenvalue weighted by Crippen LogP contribution is 2.44. The van der Waals surface area contributed by atoms with Crippen LogP contribution in [0.3, 0.4) is 0 Å². The third kappa shape index (κ3) is 4.65. The number of aromatic nitrogens is 3. The topological polar surface area (TPSA) is 46.5 Å². The van der Waals surface area contributed by atoms with Crippen molar-refractivity contribution in [2.75, 3.05) is 0 Å². The number of rotatable bonds is 5. The molecule has 0 aliphatic rings. The van der Waals surface area contributed by atoms with Crippen molar-refractivity contribution in [3.8, 4) is 51.1 Å². The Bertz CT molecular complexity index is 2940. The molecule has 3 aromatic heterocycles. The number of fused-ring (bicyclic) bond motifs is 7. The number of para-hydroxylation sites is 3. The molecule has 4 nitrogen and oxygen atoms in total. The fourth-order valence-corrected chi connectivity index (χ4v) is 7.84. The molecule has 0 aliphatic carbocycles. The van der Waals surface area contributed by atoms with Crippen LogP contribution in [0, 0.1) is 11.3 Å². The van der Waals surface area contributed by atoms with E-state index in [1.165, 1.54) is 5.39 Å². The summed E-state index contributed by atoms with van der Waals surface area (Å²) in [5.41, 5.74) is 13.3. The van der Waals surface area contributed by atoms with Gasteiger partial charge in [-0.3, -0.25) is 0 Å². The normalized spacial score (nSPS) is 11.4. The summed E-state index contributed by atoms with van der Waals surface area (Å²) < 4.78 is 4.73. The lowest BCUT2D eigenvalue weighted by Crippen LogP contribution is -1.99. The molecule has 10 aromatic rings. The minimum Gasteiger partial charge on any atom is -0.309 e. The number of benzene rings is 7. The van der Waals surface area contributed by atoms with Crippen LogP contribution in [0.5, 0.6) is 0 Å². The molecule has 0 unspecified atom stereocenters. The molecule has 3 heterocycles. The summed E-state index contributed by atoms with van der Waals surface area (Å²) >= 11 is 0. The monoisotopic (exact) mass is 662 g/mol. The fraction of sp³-hybridized carbons (Fsp3) is 0.